The van der Waals surface area contributed by atoms with Crippen LogP contribution in [0.15, 0.2) is 67.4 Å². The maximum atomic E-state index is 4.79. The first-order chi connectivity index (χ1) is 14.9. The Balaban J connectivity index is 1.25. The molecule has 0 spiro atoms. The summed E-state index contributed by atoms with van der Waals surface area (Å²) in [5, 5.41) is 0. The van der Waals surface area contributed by atoms with Gasteiger partial charge in [-0.05, 0) is 36.4 Å². The number of hydrogen-bond acceptors (Lipinski definition) is 7. The molecule has 0 atom stereocenters. The van der Waals surface area contributed by atoms with E-state index in [4.69, 9.17) is 4.98 Å². The SMILES string of the molecule is c1cnc(N2CCN(c3ccncc3)CC2)c(N2CCN(c3ccncc3)CC2)c1. The normalized spacial score (nSPS) is 17.3. The molecule has 0 N–H and O–H groups in total. The van der Waals surface area contributed by atoms with Crippen molar-refractivity contribution in [1.82, 2.24) is 15.0 Å². The molecule has 0 saturated carbocycles. The van der Waals surface area contributed by atoms with E-state index in [2.05, 4.69) is 66.0 Å². The van der Waals surface area contributed by atoms with Gasteiger partial charge in [-0.15, -0.1) is 0 Å². The van der Waals surface area contributed by atoms with E-state index in [9.17, 15) is 0 Å². The van der Waals surface area contributed by atoms with E-state index in [1.807, 2.05) is 31.0 Å². The molecule has 0 radical (unpaired) electrons. The summed E-state index contributed by atoms with van der Waals surface area (Å²) in [5.74, 6) is 1.12. The number of hydrogen-bond donors (Lipinski definition) is 0. The van der Waals surface area contributed by atoms with Gasteiger partial charge >= 0.3 is 0 Å². The second-order valence-corrected chi connectivity index (χ2v) is 7.71. The van der Waals surface area contributed by atoms with Crippen molar-refractivity contribution in [3.8, 4) is 0 Å². The maximum Gasteiger partial charge on any atom is 0.152 e. The monoisotopic (exact) mass is 401 g/mol. The van der Waals surface area contributed by atoms with Crippen LogP contribution in [0.25, 0.3) is 0 Å². The fraction of sp³-hybridized carbons (Fsp3) is 0.348. The summed E-state index contributed by atoms with van der Waals surface area (Å²) in [7, 11) is 0. The van der Waals surface area contributed by atoms with E-state index in [0.29, 0.717) is 0 Å². The predicted molar refractivity (Wildman–Crippen MR) is 122 cm³/mol. The molecule has 0 amide bonds. The van der Waals surface area contributed by atoms with Crippen molar-refractivity contribution in [2.75, 3.05) is 72.0 Å². The summed E-state index contributed by atoms with van der Waals surface area (Å²) in [6.07, 6.45) is 9.38. The van der Waals surface area contributed by atoms with Gasteiger partial charge < -0.3 is 19.6 Å². The lowest BCUT2D eigenvalue weighted by molar-refractivity contribution is 0.633. The highest BCUT2D eigenvalue weighted by Gasteiger charge is 2.24. The summed E-state index contributed by atoms with van der Waals surface area (Å²) in [6, 6.07) is 12.6. The minimum Gasteiger partial charge on any atom is -0.368 e. The molecule has 2 aliphatic heterocycles. The molecule has 7 nitrogen and oxygen atoms in total. The molecular formula is C23H27N7. The van der Waals surface area contributed by atoms with Gasteiger partial charge in [-0.25, -0.2) is 4.98 Å². The lowest BCUT2D eigenvalue weighted by atomic mass is 10.2. The van der Waals surface area contributed by atoms with Crippen LogP contribution in [0.5, 0.6) is 0 Å². The quantitative estimate of drug-likeness (QED) is 0.666. The van der Waals surface area contributed by atoms with Crippen molar-refractivity contribution in [1.29, 1.82) is 0 Å². The smallest absolute Gasteiger partial charge is 0.152 e. The van der Waals surface area contributed by atoms with Crippen LogP contribution >= 0.6 is 0 Å². The molecule has 2 saturated heterocycles. The molecule has 2 fully saturated rings. The fourth-order valence-electron chi connectivity index (χ4n) is 4.37. The number of pyridine rings is 3. The predicted octanol–water partition coefficient (Wildman–Crippen LogP) is 2.52. The Hall–Kier alpha value is -3.35. The van der Waals surface area contributed by atoms with Gasteiger partial charge in [0.2, 0.25) is 0 Å². The van der Waals surface area contributed by atoms with Gasteiger partial charge in [0.05, 0.1) is 5.69 Å². The van der Waals surface area contributed by atoms with Crippen molar-refractivity contribution in [3.63, 3.8) is 0 Å². The van der Waals surface area contributed by atoms with Gasteiger partial charge in [0.25, 0.3) is 0 Å². The number of rotatable bonds is 4. The minimum absolute atomic E-state index is 0.976. The summed E-state index contributed by atoms with van der Waals surface area (Å²) in [5.41, 5.74) is 3.76. The number of aromatic nitrogens is 3. The van der Waals surface area contributed by atoms with E-state index in [1.54, 1.807) is 0 Å². The second kappa shape index (κ2) is 8.57. The first-order valence-electron chi connectivity index (χ1n) is 10.6. The highest BCUT2D eigenvalue weighted by atomic mass is 15.3. The van der Waals surface area contributed by atoms with Crippen LogP contribution in [0.1, 0.15) is 0 Å². The topological polar surface area (TPSA) is 51.6 Å². The van der Waals surface area contributed by atoms with Crippen molar-refractivity contribution >= 4 is 22.9 Å². The Labute approximate surface area is 177 Å². The van der Waals surface area contributed by atoms with Crippen molar-refractivity contribution in [3.05, 3.63) is 67.4 Å². The molecule has 3 aromatic rings. The van der Waals surface area contributed by atoms with Gasteiger partial charge in [-0.3, -0.25) is 9.97 Å². The van der Waals surface area contributed by atoms with Crippen molar-refractivity contribution in [2.24, 2.45) is 0 Å². The Morgan fingerprint density at radius 2 is 0.967 bits per heavy atom. The second-order valence-electron chi connectivity index (χ2n) is 7.71. The van der Waals surface area contributed by atoms with Gasteiger partial charge in [-0.1, -0.05) is 0 Å². The number of nitrogens with zero attached hydrogens (tertiary/aromatic N) is 7. The first kappa shape index (κ1) is 18.7. The molecule has 3 aromatic heterocycles. The van der Waals surface area contributed by atoms with E-state index < -0.39 is 0 Å². The molecule has 30 heavy (non-hydrogen) atoms. The Kier molecular flexibility index (Phi) is 5.33. The molecule has 0 aliphatic carbocycles. The number of anilines is 4. The molecule has 0 unspecified atom stereocenters. The number of piperazine rings is 2. The summed E-state index contributed by atoms with van der Waals surface area (Å²) >= 11 is 0. The van der Waals surface area contributed by atoms with Crippen LogP contribution in [-0.2, 0) is 0 Å². The van der Waals surface area contributed by atoms with E-state index in [0.717, 1.165) is 58.2 Å². The van der Waals surface area contributed by atoms with Crippen LogP contribution < -0.4 is 19.6 Å². The summed E-state index contributed by atoms with van der Waals surface area (Å²) in [6.45, 7) is 7.96. The lowest BCUT2D eigenvalue weighted by Crippen LogP contribution is -2.49. The third-order valence-corrected chi connectivity index (χ3v) is 6.02. The highest BCUT2D eigenvalue weighted by molar-refractivity contribution is 5.68. The van der Waals surface area contributed by atoms with Gasteiger partial charge in [0.15, 0.2) is 5.82 Å². The van der Waals surface area contributed by atoms with Crippen LogP contribution in [0.4, 0.5) is 22.9 Å². The zero-order valence-electron chi connectivity index (χ0n) is 17.1. The average Bonchev–Trinajstić information content (AvgIpc) is 2.85. The van der Waals surface area contributed by atoms with Crippen LogP contribution in [0.3, 0.4) is 0 Å². The zero-order chi connectivity index (χ0) is 20.2. The molecule has 0 bridgehead atoms. The van der Waals surface area contributed by atoms with E-state index >= 15 is 0 Å². The third kappa shape index (κ3) is 3.87. The Bertz CT molecular complexity index is 856. The molecular weight excluding hydrogens is 374 g/mol. The van der Waals surface area contributed by atoms with Gasteiger partial charge in [0.1, 0.15) is 0 Å². The molecule has 5 heterocycles. The Morgan fingerprint density at radius 1 is 0.500 bits per heavy atom. The standard InChI is InChI=1S/C23H27N7/c1-2-22(29-16-12-27(13-17-29)20-3-8-24-9-4-20)23(26-7-1)30-18-14-28(15-19-30)21-5-10-25-11-6-21/h1-11H,12-19H2. The van der Waals surface area contributed by atoms with E-state index in [-0.39, 0.29) is 0 Å². The third-order valence-electron chi connectivity index (χ3n) is 6.02. The van der Waals surface area contributed by atoms with E-state index in [1.165, 1.54) is 17.1 Å². The molecule has 154 valence electrons. The largest absolute Gasteiger partial charge is 0.368 e. The molecule has 0 aromatic carbocycles. The Morgan fingerprint density at radius 3 is 1.50 bits per heavy atom. The highest BCUT2D eigenvalue weighted by Crippen LogP contribution is 2.30. The van der Waals surface area contributed by atoms with Crippen molar-refractivity contribution < 1.29 is 0 Å². The summed E-state index contributed by atoms with van der Waals surface area (Å²) < 4.78 is 0. The molecule has 5 rings (SSSR count). The average molecular weight is 402 g/mol. The molecule has 7 heteroatoms. The van der Waals surface area contributed by atoms with Crippen molar-refractivity contribution in [2.45, 2.75) is 0 Å². The van der Waals surface area contributed by atoms with Gasteiger partial charge in [0, 0.05) is 94.7 Å². The lowest BCUT2D eigenvalue weighted by Gasteiger charge is -2.41. The maximum absolute atomic E-state index is 4.79. The molecule has 2 aliphatic rings. The van der Waals surface area contributed by atoms with Crippen LogP contribution in [0, 0.1) is 0 Å². The van der Waals surface area contributed by atoms with Crippen LogP contribution in [0.2, 0.25) is 0 Å². The fourth-order valence-corrected chi connectivity index (χ4v) is 4.37. The first-order valence-corrected chi connectivity index (χ1v) is 10.6. The van der Waals surface area contributed by atoms with Gasteiger partial charge in [-0.2, -0.15) is 0 Å². The zero-order valence-corrected chi connectivity index (χ0v) is 17.1. The van der Waals surface area contributed by atoms with Crippen LogP contribution in [-0.4, -0.2) is 67.3 Å². The summed E-state index contributed by atoms with van der Waals surface area (Å²) in [4.78, 5) is 22.8. The minimum atomic E-state index is 0.976.